The quantitative estimate of drug-likeness (QED) is 0.770. The number of amides is 2. The standard InChI is InChI=1S/C18H20BrN3O2.C2H6/c1-4-18(24)22-8-13(9-22)20-17(23)10-21-7-12(3)14-6-15(19)11(2)5-16(14)21;1-2/h4-7,13H,1,8-10H2,2-3H3,(H,20,23);1-2H3. The molecule has 1 aliphatic heterocycles. The Hall–Kier alpha value is -2.08. The van der Waals surface area contributed by atoms with E-state index in [1.165, 1.54) is 6.08 Å². The molecule has 0 bridgehead atoms. The Morgan fingerprint density at radius 1 is 1.27 bits per heavy atom. The molecular formula is C20H26BrN3O2. The number of nitrogens with one attached hydrogen (secondary N) is 1. The first kappa shape index (κ1) is 20.2. The fraction of sp³-hybridized carbons (Fsp3) is 0.400. The van der Waals surface area contributed by atoms with Gasteiger partial charge in [-0.25, -0.2) is 0 Å². The minimum absolute atomic E-state index is 0.0280. The number of likely N-dealkylation sites (tertiary alicyclic amines) is 1. The van der Waals surface area contributed by atoms with Crippen LogP contribution in [-0.4, -0.2) is 40.4 Å². The van der Waals surface area contributed by atoms with E-state index >= 15 is 0 Å². The topological polar surface area (TPSA) is 54.3 Å². The van der Waals surface area contributed by atoms with E-state index in [1.807, 2.05) is 38.5 Å². The van der Waals surface area contributed by atoms with Crippen molar-refractivity contribution in [3.8, 4) is 0 Å². The minimum Gasteiger partial charge on any atom is -0.348 e. The van der Waals surface area contributed by atoms with E-state index in [2.05, 4.69) is 40.0 Å². The highest BCUT2D eigenvalue weighted by Crippen LogP contribution is 2.27. The molecule has 0 saturated carbocycles. The zero-order valence-electron chi connectivity index (χ0n) is 15.8. The highest BCUT2D eigenvalue weighted by molar-refractivity contribution is 9.10. The largest absolute Gasteiger partial charge is 0.348 e. The van der Waals surface area contributed by atoms with Crippen LogP contribution in [0.25, 0.3) is 10.9 Å². The molecule has 2 amide bonds. The average molecular weight is 420 g/mol. The van der Waals surface area contributed by atoms with Crippen molar-refractivity contribution >= 4 is 38.6 Å². The van der Waals surface area contributed by atoms with Crippen LogP contribution in [0.15, 0.2) is 35.5 Å². The summed E-state index contributed by atoms with van der Waals surface area (Å²) in [5.41, 5.74) is 3.34. The SMILES string of the molecule is C=CC(=O)N1CC(NC(=O)Cn2cc(C)c3cc(Br)c(C)cc32)C1.CC. The van der Waals surface area contributed by atoms with Crippen LogP contribution in [0.5, 0.6) is 0 Å². The van der Waals surface area contributed by atoms with Crippen molar-refractivity contribution in [2.75, 3.05) is 13.1 Å². The molecule has 0 aliphatic carbocycles. The molecule has 1 N–H and O–H groups in total. The summed E-state index contributed by atoms with van der Waals surface area (Å²) in [7, 11) is 0. The number of carbonyl (C=O) groups excluding carboxylic acids is 2. The predicted molar refractivity (Wildman–Crippen MR) is 109 cm³/mol. The van der Waals surface area contributed by atoms with Gasteiger partial charge >= 0.3 is 0 Å². The van der Waals surface area contributed by atoms with E-state index in [0.717, 1.165) is 26.5 Å². The van der Waals surface area contributed by atoms with Crippen LogP contribution in [0.2, 0.25) is 0 Å². The van der Waals surface area contributed by atoms with Gasteiger partial charge in [0.25, 0.3) is 0 Å². The molecule has 5 nitrogen and oxygen atoms in total. The smallest absolute Gasteiger partial charge is 0.246 e. The van der Waals surface area contributed by atoms with E-state index < -0.39 is 0 Å². The molecule has 0 unspecified atom stereocenters. The van der Waals surface area contributed by atoms with Gasteiger partial charge in [-0.15, -0.1) is 0 Å². The second-order valence-corrected chi connectivity index (χ2v) is 7.12. The van der Waals surface area contributed by atoms with Gasteiger partial charge in [-0.05, 0) is 43.2 Å². The van der Waals surface area contributed by atoms with Gasteiger partial charge < -0.3 is 14.8 Å². The van der Waals surface area contributed by atoms with Gasteiger partial charge in [0.1, 0.15) is 6.54 Å². The van der Waals surface area contributed by atoms with Crippen LogP contribution in [0, 0.1) is 13.8 Å². The van der Waals surface area contributed by atoms with Crippen molar-refractivity contribution in [1.82, 2.24) is 14.8 Å². The Kier molecular flexibility index (Phi) is 6.64. The third kappa shape index (κ3) is 4.18. The van der Waals surface area contributed by atoms with Crippen LogP contribution < -0.4 is 5.32 Å². The maximum Gasteiger partial charge on any atom is 0.246 e. The van der Waals surface area contributed by atoms with Gasteiger partial charge in [0.15, 0.2) is 0 Å². The lowest BCUT2D eigenvalue weighted by Crippen LogP contribution is -2.61. The van der Waals surface area contributed by atoms with Gasteiger partial charge in [-0.2, -0.15) is 0 Å². The van der Waals surface area contributed by atoms with Gasteiger partial charge in [0.2, 0.25) is 11.8 Å². The molecule has 1 aromatic carbocycles. The van der Waals surface area contributed by atoms with Gasteiger partial charge in [0.05, 0.1) is 6.04 Å². The summed E-state index contributed by atoms with van der Waals surface area (Å²) in [6, 6.07) is 4.22. The lowest BCUT2D eigenvalue weighted by Gasteiger charge is -2.38. The van der Waals surface area contributed by atoms with Crippen molar-refractivity contribution in [2.45, 2.75) is 40.3 Å². The first-order valence-corrected chi connectivity index (χ1v) is 9.64. The second kappa shape index (κ2) is 8.54. The van der Waals surface area contributed by atoms with Crippen molar-refractivity contribution in [1.29, 1.82) is 0 Å². The molecule has 2 heterocycles. The zero-order chi connectivity index (χ0) is 19.4. The Morgan fingerprint density at radius 2 is 1.92 bits per heavy atom. The van der Waals surface area contributed by atoms with E-state index in [-0.39, 0.29) is 24.4 Å². The predicted octanol–water partition coefficient (Wildman–Crippen LogP) is 3.56. The number of rotatable bonds is 4. The second-order valence-electron chi connectivity index (χ2n) is 6.27. The first-order valence-electron chi connectivity index (χ1n) is 8.85. The number of hydrogen-bond acceptors (Lipinski definition) is 2. The highest BCUT2D eigenvalue weighted by Gasteiger charge is 2.30. The molecule has 1 fully saturated rings. The monoisotopic (exact) mass is 419 g/mol. The lowest BCUT2D eigenvalue weighted by atomic mass is 10.1. The number of benzene rings is 1. The third-order valence-electron chi connectivity index (χ3n) is 4.41. The molecule has 1 aliphatic rings. The van der Waals surface area contributed by atoms with Crippen LogP contribution >= 0.6 is 15.9 Å². The molecule has 3 rings (SSSR count). The minimum atomic E-state index is -0.0893. The molecule has 26 heavy (non-hydrogen) atoms. The number of nitrogens with zero attached hydrogens (tertiary/aromatic N) is 2. The summed E-state index contributed by atoms with van der Waals surface area (Å²) in [6.45, 7) is 12.9. The Labute approximate surface area is 163 Å². The summed E-state index contributed by atoms with van der Waals surface area (Å²) < 4.78 is 3.05. The summed E-state index contributed by atoms with van der Waals surface area (Å²) in [6.07, 6.45) is 3.30. The molecule has 140 valence electrons. The average Bonchev–Trinajstić information content (AvgIpc) is 2.87. The summed E-state index contributed by atoms with van der Waals surface area (Å²) in [5.74, 6) is -0.128. The maximum atomic E-state index is 12.3. The van der Waals surface area contributed by atoms with E-state index in [4.69, 9.17) is 0 Å². The normalized spacial score (nSPS) is 13.7. The molecule has 1 aromatic heterocycles. The number of hydrogen-bond donors (Lipinski definition) is 1. The van der Waals surface area contributed by atoms with Gasteiger partial charge in [-0.3, -0.25) is 9.59 Å². The molecule has 1 saturated heterocycles. The van der Waals surface area contributed by atoms with Crippen molar-refractivity contribution in [3.63, 3.8) is 0 Å². The lowest BCUT2D eigenvalue weighted by molar-refractivity contribution is -0.133. The van der Waals surface area contributed by atoms with Gasteiger partial charge in [0, 0.05) is 34.7 Å². The molecule has 0 atom stereocenters. The number of carbonyl (C=O) groups is 2. The number of aromatic nitrogens is 1. The van der Waals surface area contributed by atoms with Crippen LogP contribution in [0.3, 0.4) is 0 Å². The number of halogens is 1. The van der Waals surface area contributed by atoms with Crippen molar-refractivity contribution in [2.24, 2.45) is 0 Å². The fourth-order valence-corrected chi connectivity index (χ4v) is 3.37. The van der Waals surface area contributed by atoms with Gasteiger partial charge in [-0.1, -0.05) is 36.4 Å². The number of aryl methyl sites for hydroxylation is 2. The summed E-state index contributed by atoms with van der Waals surface area (Å²) >= 11 is 3.56. The molecule has 0 radical (unpaired) electrons. The van der Waals surface area contributed by atoms with Crippen LogP contribution in [0.1, 0.15) is 25.0 Å². The van der Waals surface area contributed by atoms with E-state index in [9.17, 15) is 9.59 Å². The Balaban J connectivity index is 0.00000117. The third-order valence-corrected chi connectivity index (χ3v) is 5.26. The van der Waals surface area contributed by atoms with Crippen molar-refractivity contribution in [3.05, 3.63) is 46.6 Å². The molecule has 6 heteroatoms. The summed E-state index contributed by atoms with van der Waals surface area (Å²) in [4.78, 5) is 25.4. The highest BCUT2D eigenvalue weighted by atomic mass is 79.9. The van der Waals surface area contributed by atoms with E-state index in [0.29, 0.717) is 13.1 Å². The van der Waals surface area contributed by atoms with Crippen molar-refractivity contribution < 1.29 is 9.59 Å². The van der Waals surface area contributed by atoms with Crippen LogP contribution in [0.4, 0.5) is 0 Å². The summed E-state index contributed by atoms with van der Waals surface area (Å²) in [5, 5.41) is 4.12. The molecular weight excluding hydrogens is 394 g/mol. The fourth-order valence-electron chi connectivity index (χ4n) is 3.03. The maximum absolute atomic E-state index is 12.3. The van der Waals surface area contributed by atoms with Crippen LogP contribution in [-0.2, 0) is 16.1 Å². The zero-order valence-corrected chi connectivity index (χ0v) is 17.4. The van der Waals surface area contributed by atoms with E-state index in [1.54, 1.807) is 4.90 Å². The molecule has 0 spiro atoms. The Morgan fingerprint density at radius 3 is 2.54 bits per heavy atom. The first-order chi connectivity index (χ1) is 12.4. The Bertz CT molecular complexity index is 835. The number of fused-ring (bicyclic) bond motifs is 1. The molecule has 2 aromatic rings.